The Labute approximate surface area is 76.6 Å². The van der Waals surface area contributed by atoms with Crippen molar-refractivity contribution in [3.63, 3.8) is 0 Å². The SMILES string of the molecule is CN1C[C@H](O)c2ccccc2C1=O. The van der Waals surface area contributed by atoms with Crippen molar-refractivity contribution in [1.29, 1.82) is 0 Å². The molecule has 0 fully saturated rings. The minimum Gasteiger partial charge on any atom is -0.387 e. The predicted molar refractivity (Wildman–Crippen MR) is 48.4 cm³/mol. The molecule has 0 aromatic heterocycles. The molecule has 0 spiro atoms. The molecular weight excluding hydrogens is 166 g/mol. The fraction of sp³-hybridized carbons (Fsp3) is 0.300. The van der Waals surface area contributed by atoms with Gasteiger partial charge in [-0.2, -0.15) is 0 Å². The fourth-order valence-electron chi connectivity index (χ4n) is 1.63. The molecule has 68 valence electrons. The molecule has 3 heteroatoms. The average molecular weight is 177 g/mol. The predicted octanol–water partition coefficient (Wildman–Crippen LogP) is 0.806. The Morgan fingerprint density at radius 2 is 2.15 bits per heavy atom. The highest BCUT2D eigenvalue weighted by Crippen LogP contribution is 2.24. The van der Waals surface area contributed by atoms with Crippen molar-refractivity contribution in [2.24, 2.45) is 0 Å². The molecule has 0 aliphatic carbocycles. The zero-order chi connectivity index (χ0) is 9.42. The highest BCUT2D eigenvalue weighted by atomic mass is 16.3. The lowest BCUT2D eigenvalue weighted by molar-refractivity contribution is 0.0615. The van der Waals surface area contributed by atoms with Crippen LogP contribution in [0.5, 0.6) is 0 Å². The number of aliphatic hydroxyl groups excluding tert-OH is 1. The minimum absolute atomic E-state index is 0.0131. The zero-order valence-electron chi connectivity index (χ0n) is 7.40. The number of carbonyl (C=O) groups excluding carboxylic acids is 1. The van der Waals surface area contributed by atoms with Crippen LogP contribution in [0.2, 0.25) is 0 Å². The Bertz CT molecular complexity index is 349. The van der Waals surface area contributed by atoms with E-state index in [1.54, 1.807) is 19.2 Å². The van der Waals surface area contributed by atoms with Gasteiger partial charge in [0.25, 0.3) is 5.91 Å². The van der Waals surface area contributed by atoms with Gasteiger partial charge >= 0.3 is 0 Å². The topological polar surface area (TPSA) is 40.5 Å². The van der Waals surface area contributed by atoms with E-state index in [-0.39, 0.29) is 5.91 Å². The van der Waals surface area contributed by atoms with Crippen LogP contribution in [0.25, 0.3) is 0 Å². The number of nitrogens with zero attached hydrogens (tertiary/aromatic N) is 1. The molecule has 1 aliphatic heterocycles. The van der Waals surface area contributed by atoms with E-state index in [4.69, 9.17) is 0 Å². The van der Waals surface area contributed by atoms with E-state index in [0.717, 1.165) is 5.56 Å². The third-order valence-corrected chi connectivity index (χ3v) is 2.34. The molecule has 0 bridgehead atoms. The van der Waals surface area contributed by atoms with Crippen LogP contribution in [0.15, 0.2) is 24.3 Å². The van der Waals surface area contributed by atoms with E-state index in [2.05, 4.69) is 0 Å². The molecule has 0 saturated heterocycles. The van der Waals surface area contributed by atoms with Crippen molar-refractivity contribution in [2.75, 3.05) is 13.6 Å². The number of aliphatic hydroxyl groups is 1. The molecule has 1 N–H and O–H groups in total. The van der Waals surface area contributed by atoms with E-state index in [1.807, 2.05) is 12.1 Å². The molecular formula is C10H11NO2. The van der Waals surface area contributed by atoms with Gasteiger partial charge in [0, 0.05) is 12.6 Å². The monoisotopic (exact) mass is 177 g/mol. The first-order valence-electron chi connectivity index (χ1n) is 4.22. The Balaban J connectivity index is 2.54. The lowest BCUT2D eigenvalue weighted by Crippen LogP contribution is -2.36. The van der Waals surface area contributed by atoms with Crippen molar-refractivity contribution < 1.29 is 9.90 Å². The van der Waals surface area contributed by atoms with Gasteiger partial charge in [-0.15, -0.1) is 0 Å². The Hall–Kier alpha value is -1.35. The highest BCUT2D eigenvalue weighted by Gasteiger charge is 2.26. The third-order valence-electron chi connectivity index (χ3n) is 2.34. The summed E-state index contributed by atoms with van der Waals surface area (Å²) in [4.78, 5) is 13.1. The van der Waals surface area contributed by atoms with Crippen LogP contribution in [-0.2, 0) is 0 Å². The normalized spacial score (nSPS) is 21.5. The number of rotatable bonds is 0. The van der Waals surface area contributed by atoms with Crippen LogP contribution in [0.4, 0.5) is 0 Å². The second-order valence-corrected chi connectivity index (χ2v) is 3.29. The maximum Gasteiger partial charge on any atom is 0.254 e. The van der Waals surface area contributed by atoms with E-state index < -0.39 is 6.10 Å². The number of β-amino-alcohol motifs (C(OH)–C–C–N with tert-alkyl or cyclic N) is 1. The van der Waals surface area contributed by atoms with Gasteiger partial charge in [0.1, 0.15) is 0 Å². The highest BCUT2D eigenvalue weighted by molar-refractivity contribution is 5.96. The molecule has 0 saturated carbocycles. The number of hydrogen-bond acceptors (Lipinski definition) is 2. The quantitative estimate of drug-likeness (QED) is 0.637. The maximum absolute atomic E-state index is 11.6. The molecule has 1 atom stereocenters. The molecule has 1 heterocycles. The van der Waals surface area contributed by atoms with Crippen molar-refractivity contribution in [3.8, 4) is 0 Å². The summed E-state index contributed by atoms with van der Waals surface area (Å²) in [5, 5.41) is 9.66. The Kier molecular flexibility index (Phi) is 1.81. The van der Waals surface area contributed by atoms with Crippen LogP contribution in [0.1, 0.15) is 22.0 Å². The van der Waals surface area contributed by atoms with Crippen molar-refractivity contribution >= 4 is 5.91 Å². The fourth-order valence-corrected chi connectivity index (χ4v) is 1.63. The summed E-state index contributed by atoms with van der Waals surface area (Å²) in [7, 11) is 1.70. The van der Waals surface area contributed by atoms with Gasteiger partial charge in [-0.3, -0.25) is 4.79 Å². The Morgan fingerprint density at radius 3 is 2.92 bits per heavy atom. The van der Waals surface area contributed by atoms with Crippen molar-refractivity contribution in [2.45, 2.75) is 6.10 Å². The van der Waals surface area contributed by atoms with Crippen molar-refractivity contribution in [3.05, 3.63) is 35.4 Å². The third kappa shape index (κ3) is 1.21. The van der Waals surface area contributed by atoms with Gasteiger partial charge < -0.3 is 10.0 Å². The van der Waals surface area contributed by atoms with Crippen LogP contribution in [0, 0.1) is 0 Å². The van der Waals surface area contributed by atoms with Gasteiger partial charge in [0.05, 0.1) is 12.6 Å². The molecule has 0 unspecified atom stereocenters. The number of carbonyl (C=O) groups is 1. The van der Waals surface area contributed by atoms with Crippen LogP contribution >= 0.6 is 0 Å². The molecule has 0 radical (unpaired) electrons. The van der Waals surface area contributed by atoms with E-state index in [1.165, 1.54) is 4.90 Å². The molecule has 2 rings (SSSR count). The van der Waals surface area contributed by atoms with Crippen LogP contribution in [0.3, 0.4) is 0 Å². The first-order valence-corrected chi connectivity index (χ1v) is 4.22. The van der Waals surface area contributed by atoms with E-state index in [9.17, 15) is 9.90 Å². The smallest absolute Gasteiger partial charge is 0.254 e. The molecule has 1 aliphatic rings. The van der Waals surface area contributed by atoms with Gasteiger partial charge in [-0.05, 0) is 11.6 Å². The van der Waals surface area contributed by atoms with Gasteiger partial charge in [0.15, 0.2) is 0 Å². The second kappa shape index (κ2) is 2.85. The number of fused-ring (bicyclic) bond motifs is 1. The number of likely N-dealkylation sites (N-methyl/N-ethyl adjacent to an activating group) is 1. The summed E-state index contributed by atoms with van der Waals surface area (Å²) >= 11 is 0. The number of hydrogen-bond donors (Lipinski definition) is 1. The van der Waals surface area contributed by atoms with E-state index in [0.29, 0.717) is 12.1 Å². The summed E-state index contributed by atoms with van der Waals surface area (Å²) in [6.07, 6.45) is -0.543. The molecule has 1 amide bonds. The maximum atomic E-state index is 11.6. The second-order valence-electron chi connectivity index (χ2n) is 3.29. The molecule has 1 aromatic carbocycles. The summed E-state index contributed by atoms with van der Waals surface area (Å²) in [6, 6.07) is 7.19. The first-order chi connectivity index (χ1) is 6.20. The summed E-state index contributed by atoms with van der Waals surface area (Å²) in [5.74, 6) is -0.0131. The lowest BCUT2D eigenvalue weighted by atomic mass is 9.97. The van der Waals surface area contributed by atoms with Crippen LogP contribution in [-0.4, -0.2) is 29.5 Å². The summed E-state index contributed by atoms with van der Waals surface area (Å²) < 4.78 is 0. The number of amides is 1. The average Bonchev–Trinajstić information content (AvgIpc) is 2.15. The molecule has 3 nitrogen and oxygen atoms in total. The first kappa shape index (κ1) is 8.26. The van der Waals surface area contributed by atoms with Gasteiger partial charge in [0.2, 0.25) is 0 Å². The van der Waals surface area contributed by atoms with Gasteiger partial charge in [-0.25, -0.2) is 0 Å². The minimum atomic E-state index is -0.543. The zero-order valence-corrected chi connectivity index (χ0v) is 7.40. The van der Waals surface area contributed by atoms with Gasteiger partial charge in [-0.1, -0.05) is 18.2 Å². The largest absolute Gasteiger partial charge is 0.387 e. The van der Waals surface area contributed by atoms with E-state index >= 15 is 0 Å². The lowest BCUT2D eigenvalue weighted by Gasteiger charge is -2.28. The Morgan fingerprint density at radius 1 is 1.46 bits per heavy atom. The van der Waals surface area contributed by atoms with Crippen molar-refractivity contribution in [1.82, 2.24) is 4.90 Å². The standard InChI is InChI=1S/C10H11NO2/c1-11-6-9(12)7-4-2-3-5-8(7)10(11)13/h2-5,9,12H,6H2,1H3/t9-/m0/s1. The molecule has 1 aromatic rings. The summed E-state index contributed by atoms with van der Waals surface area (Å²) in [6.45, 7) is 0.385. The van der Waals surface area contributed by atoms with Crippen LogP contribution < -0.4 is 0 Å². The molecule has 13 heavy (non-hydrogen) atoms. The summed E-state index contributed by atoms with van der Waals surface area (Å²) in [5.41, 5.74) is 1.36. The number of benzene rings is 1.